The fourth-order valence-corrected chi connectivity index (χ4v) is 2.16. The van der Waals surface area contributed by atoms with Crippen LogP contribution in [0, 0.1) is 11.6 Å². The van der Waals surface area contributed by atoms with E-state index in [0.29, 0.717) is 13.0 Å². The third-order valence-corrected chi connectivity index (χ3v) is 3.27. The van der Waals surface area contributed by atoms with Crippen molar-refractivity contribution in [3.8, 4) is 0 Å². The zero-order chi connectivity index (χ0) is 15.5. The Morgan fingerprint density at radius 2 is 1.95 bits per heavy atom. The molecular formula is C16H13F2N3O. The van der Waals surface area contributed by atoms with Crippen LogP contribution < -0.4 is 5.32 Å². The second-order valence-corrected chi connectivity index (χ2v) is 4.84. The molecule has 2 N–H and O–H groups in total. The van der Waals surface area contributed by atoms with Crippen molar-refractivity contribution in [1.29, 1.82) is 0 Å². The summed E-state index contributed by atoms with van der Waals surface area (Å²) < 4.78 is 25.9. The molecule has 1 amide bonds. The van der Waals surface area contributed by atoms with Crippen molar-refractivity contribution in [2.24, 2.45) is 0 Å². The van der Waals surface area contributed by atoms with Crippen LogP contribution in [0.4, 0.5) is 8.78 Å². The average Bonchev–Trinajstić information content (AvgIpc) is 2.92. The minimum atomic E-state index is -1.04. The Balaban J connectivity index is 1.60. The summed E-state index contributed by atoms with van der Waals surface area (Å²) in [5, 5.41) is 2.65. The molecule has 22 heavy (non-hydrogen) atoms. The van der Waals surface area contributed by atoms with Gasteiger partial charge in [0, 0.05) is 18.5 Å². The predicted molar refractivity (Wildman–Crippen MR) is 78.5 cm³/mol. The number of imidazole rings is 1. The van der Waals surface area contributed by atoms with Crippen molar-refractivity contribution in [3.05, 3.63) is 65.5 Å². The molecule has 0 spiro atoms. The van der Waals surface area contributed by atoms with Crippen LogP contribution in [0.2, 0.25) is 0 Å². The molecule has 0 aliphatic heterocycles. The molecule has 3 aromatic rings. The lowest BCUT2D eigenvalue weighted by Crippen LogP contribution is -2.26. The second-order valence-electron chi connectivity index (χ2n) is 4.84. The molecule has 3 rings (SSSR count). The molecule has 6 heteroatoms. The highest BCUT2D eigenvalue weighted by Crippen LogP contribution is 2.11. The van der Waals surface area contributed by atoms with Crippen LogP contribution in [-0.4, -0.2) is 22.4 Å². The van der Waals surface area contributed by atoms with Crippen molar-refractivity contribution in [1.82, 2.24) is 15.3 Å². The Labute approximate surface area is 125 Å². The van der Waals surface area contributed by atoms with Crippen LogP contribution in [0.25, 0.3) is 11.0 Å². The smallest absolute Gasteiger partial charge is 0.251 e. The van der Waals surface area contributed by atoms with Gasteiger partial charge in [-0.25, -0.2) is 13.8 Å². The molecule has 0 aliphatic rings. The number of amides is 1. The lowest BCUT2D eigenvalue weighted by atomic mass is 10.2. The van der Waals surface area contributed by atoms with E-state index in [2.05, 4.69) is 15.3 Å². The molecule has 0 saturated heterocycles. The highest BCUT2D eigenvalue weighted by atomic mass is 19.2. The fourth-order valence-electron chi connectivity index (χ4n) is 2.16. The third-order valence-electron chi connectivity index (χ3n) is 3.27. The Kier molecular flexibility index (Phi) is 3.82. The number of halogens is 2. The topological polar surface area (TPSA) is 57.8 Å². The maximum absolute atomic E-state index is 13.1. The van der Waals surface area contributed by atoms with Gasteiger partial charge in [-0.05, 0) is 30.3 Å². The summed E-state index contributed by atoms with van der Waals surface area (Å²) in [4.78, 5) is 19.4. The van der Waals surface area contributed by atoms with Crippen LogP contribution in [0.1, 0.15) is 16.2 Å². The number of hydrogen-bond acceptors (Lipinski definition) is 2. The number of aromatic amines is 1. The standard InChI is InChI=1S/C16H13F2N3O/c17-11-6-5-10(9-12(11)18)16(22)19-8-7-15-20-13-3-1-2-4-14(13)21-15/h1-6,9H,7-8H2,(H,19,22)(H,20,21). The Morgan fingerprint density at radius 1 is 1.14 bits per heavy atom. The van der Waals surface area contributed by atoms with Crippen LogP contribution >= 0.6 is 0 Å². The van der Waals surface area contributed by atoms with E-state index in [1.165, 1.54) is 6.07 Å². The van der Waals surface area contributed by atoms with Gasteiger partial charge in [-0.2, -0.15) is 0 Å². The molecule has 4 nitrogen and oxygen atoms in total. The monoisotopic (exact) mass is 301 g/mol. The molecule has 0 radical (unpaired) electrons. The lowest BCUT2D eigenvalue weighted by molar-refractivity contribution is 0.0953. The van der Waals surface area contributed by atoms with Gasteiger partial charge in [0.15, 0.2) is 11.6 Å². The van der Waals surface area contributed by atoms with E-state index in [1.54, 1.807) is 0 Å². The van der Waals surface area contributed by atoms with E-state index in [4.69, 9.17) is 0 Å². The third kappa shape index (κ3) is 2.95. The summed E-state index contributed by atoms with van der Waals surface area (Å²) >= 11 is 0. The number of para-hydroxylation sites is 2. The number of aromatic nitrogens is 2. The summed E-state index contributed by atoms with van der Waals surface area (Å²) in [7, 11) is 0. The molecular weight excluding hydrogens is 288 g/mol. The van der Waals surface area contributed by atoms with Gasteiger partial charge in [0.2, 0.25) is 0 Å². The van der Waals surface area contributed by atoms with Crippen molar-refractivity contribution in [2.45, 2.75) is 6.42 Å². The zero-order valence-electron chi connectivity index (χ0n) is 11.6. The van der Waals surface area contributed by atoms with Gasteiger partial charge < -0.3 is 10.3 Å². The Bertz CT molecular complexity index is 796. The number of benzene rings is 2. The minimum absolute atomic E-state index is 0.0866. The van der Waals surface area contributed by atoms with Gasteiger partial charge in [-0.3, -0.25) is 4.79 Å². The summed E-state index contributed by atoms with van der Waals surface area (Å²) in [6.45, 7) is 0.345. The molecule has 2 aromatic carbocycles. The van der Waals surface area contributed by atoms with E-state index >= 15 is 0 Å². The first-order valence-electron chi connectivity index (χ1n) is 6.80. The van der Waals surface area contributed by atoms with E-state index in [1.807, 2.05) is 24.3 Å². The molecule has 0 aliphatic carbocycles. The van der Waals surface area contributed by atoms with Crippen molar-refractivity contribution in [2.75, 3.05) is 6.54 Å². The molecule has 0 bridgehead atoms. The number of nitrogens with zero attached hydrogens (tertiary/aromatic N) is 1. The summed E-state index contributed by atoms with van der Waals surface area (Å²) in [5.74, 6) is -1.70. The molecule has 0 fully saturated rings. The summed E-state index contributed by atoms with van der Waals surface area (Å²) in [6.07, 6.45) is 0.518. The second kappa shape index (κ2) is 5.93. The maximum Gasteiger partial charge on any atom is 0.251 e. The molecule has 0 unspecified atom stereocenters. The summed E-state index contributed by atoms with van der Waals surface area (Å²) in [5.41, 5.74) is 1.89. The number of nitrogens with one attached hydrogen (secondary N) is 2. The molecule has 0 atom stereocenters. The van der Waals surface area contributed by atoms with Gasteiger partial charge in [0.25, 0.3) is 5.91 Å². The molecule has 0 saturated carbocycles. The van der Waals surface area contributed by atoms with Gasteiger partial charge in [0.05, 0.1) is 11.0 Å². The highest BCUT2D eigenvalue weighted by molar-refractivity contribution is 5.94. The first-order chi connectivity index (χ1) is 10.6. The fraction of sp³-hybridized carbons (Fsp3) is 0.125. The van der Waals surface area contributed by atoms with Gasteiger partial charge in [0.1, 0.15) is 5.82 Å². The van der Waals surface area contributed by atoms with E-state index < -0.39 is 17.5 Å². The number of hydrogen-bond donors (Lipinski definition) is 2. The number of fused-ring (bicyclic) bond motifs is 1. The first kappa shape index (κ1) is 14.2. The van der Waals surface area contributed by atoms with Crippen LogP contribution in [-0.2, 0) is 6.42 Å². The molecule has 1 aromatic heterocycles. The minimum Gasteiger partial charge on any atom is -0.352 e. The summed E-state index contributed by atoms with van der Waals surface area (Å²) in [6, 6.07) is 10.7. The average molecular weight is 301 g/mol. The van der Waals surface area contributed by atoms with Gasteiger partial charge in [-0.15, -0.1) is 0 Å². The van der Waals surface area contributed by atoms with Crippen molar-refractivity contribution < 1.29 is 13.6 Å². The maximum atomic E-state index is 13.1. The molecule has 112 valence electrons. The van der Waals surface area contributed by atoms with Crippen LogP contribution in [0.5, 0.6) is 0 Å². The normalized spacial score (nSPS) is 10.8. The van der Waals surface area contributed by atoms with Crippen LogP contribution in [0.15, 0.2) is 42.5 Å². The lowest BCUT2D eigenvalue weighted by Gasteiger charge is -2.04. The van der Waals surface area contributed by atoms with Gasteiger partial charge in [-0.1, -0.05) is 12.1 Å². The Morgan fingerprint density at radius 3 is 2.73 bits per heavy atom. The first-order valence-corrected chi connectivity index (χ1v) is 6.80. The van der Waals surface area contributed by atoms with E-state index in [0.717, 1.165) is 29.0 Å². The molecule has 1 heterocycles. The predicted octanol–water partition coefficient (Wildman–Crippen LogP) is 2.81. The number of carbonyl (C=O) groups is 1. The Hall–Kier alpha value is -2.76. The van der Waals surface area contributed by atoms with Crippen LogP contribution in [0.3, 0.4) is 0 Å². The quantitative estimate of drug-likeness (QED) is 0.778. The van der Waals surface area contributed by atoms with E-state index in [-0.39, 0.29) is 5.56 Å². The largest absolute Gasteiger partial charge is 0.352 e. The van der Waals surface area contributed by atoms with Crippen molar-refractivity contribution >= 4 is 16.9 Å². The number of carbonyl (C=O) groups excluding carboxylic acids is 1. The number of H-pyrrole nitrogens is 1. The van der Waals surface area contributed by atoms with Gasteiger partial charge >= 0.3 is 0 Å². The SMILES string of the molecule is O=C(NCCc1nc2ccccc2[nH]1)c1ccc(F)c(F)c1. The van der Waals surface area contributed by atoms with Crippen molar-refractivity contribution in [3.63, 3.8) is 0 Å². The highest BCUT2D eigenvalue weighted by Gasteiger charge is 2.09. The zero-order valence-corrected chi connectivity index (χ0v) is 11.6. The van der Waals surface area contributed by atoms with E-state index in [9.17, 15) is 13.6 Å². The number of rotatable bonds is 4.